The molecule has 2 aliphatic rings. The minimum Gasteiger partial charge on any atom is -0.368 e. The molecule has 2 amide bonds. The Labute approximate surface area is 304 Å². The van der Waals surface area contributed by atoms with E-state index in [1.54, 1.807) is 9.80 Å². The van der Waals surface area contributed by atoms with Crippen LogP contribution in [-0.2, 0) is 26.7 Å². The topological polar surface area (TPSA) is 56.3 Å². The number of hydrogen-bond acceptors (Lipinski definition) is 5. The van der Waals surface area contributed by atoms with Crippen LogP contribution in [0.4, 0.5) is 37.7 Å². The number of nitrogens with zero attached hydrogens (tertiary/aromatic N) is 4. The Morgan fingerprint density at radius 3 is 1.11 bits per heavy atom. The van der Waals surface area contributed by atoms with Gasteiger partial charge in [0.2, 0.25) is 11.8 Å². The van der Waals surface area contributed by atoms with Gasteiger partial charge in [-0.1, -0.05) is 60.7 Å². The number of amides is 2. The molecule has 4 aromatic rings. The normalized spacial score (nSPS) is 16.7. The number of ether oxygens (including phenoxy) is 1. The van der Waals surface area contributed by atoms with Gasteiger partial charge in [0.25, 0.3) is 0 Å². The average molecular weight is 739 g/mol. The van der Waals surface area contributed by atoms with Crippen molar-refractivity contribution in [3.8, 4) is 0 Å². The van der Waals surface area contributed by atoms with Gasteiger partial charge in [0.1, 0.15) is 0 Å². The number of rotatable bonds is 10. The highest BCUT2D eigenvalue weighted by molar-refractivity contribution is 5.78. The molecule has 2 saturated heterocycles. The molecule has 7 nitrogen and oxygen atoms in total. The van der Waals surface area contributed by atoms with Crippen LogP contribution in [0, 0.1) is 0 Å². The number of carbonyl (C=O) groups is 2. The Morgan fingerprint density at radius 1 is 0.491 bits per heavy atom. The maximum Gasteiger partial charge on any atom is 0.416 e. The number of halogens is 6. The fraction of sp³-hybridized carbons (Fsp3) is 0.350. The summed E-state index contributed by atoms with van der Waals surface area (Å²) in [5, 5.41) is 0. The van der Waals surface area contributed by atoms with Crippen molar-refractivity contribution >= 4 is 23.2 Å². The van der Waals surface area contributed by atoms with Crippen molar-refractivity contribution in [2.45, 2.75) is 37.4 Å². The third-order valence-electron chi connectivity index (χ3n) is 9.78. The highest BCUT2D eigenvalue weighted by Crippen LogP contribution is 2.37. The van der Waals surface area contributed by atoms with Crippen LogP contribution in [0.3, 0.4) is 0 Å². The van der Waals surface area contributed by atoms with Gasteiger partial charge in [-0.15, -0.1) is 0 Å². The molecule has 0 spiro atoms. The van der Waals surface area contributed by atoms with Gasteiger partial charge in [0.15, 0.2) is 0 Å². The second-order valence-corrected chi connectivity index (χ2v) is 13.2. The van der Waals surface area contributed by atoms with E-state index >= 15 is 0 Å². The molecule has 6 rings (SSSR count). The fourth-order valence-electron chi connectivity index (χ4n) is 6.74. The molecular weight excluding hydrogens is 698 g/mol. The quantitative estimate of drug-likeness (QED) is 0.155. The zero-order valence-electron chi connectivity index (χ0n) is 28.9. The van der Waals surface area contributed by atoms with E-state index in [1.165, 1.54) is 24.3 Å². The summed E-state index contributed by atoms with van der Waals surface area (Å²) in [4.78, 5) is 35.2. The van der Waals surface area contributed by atoms with Crippen molar-refractivity contribution in [2.75, 3.05) is 62.2 Å². The molecule has 2 heterocycles. The first kappa shape index (κ1) is 37.7. The van der Waals surface area contributed by atoms with Crippen molar-refractivity contribution < 1.29 is 40.7 Å². The van der Waals surface area contributed by atoms with Gasteiger partial charge in [-0.25, -0.2) is 0 Å². The molecular formula is C40H40F6N4O3. The first-order chi connectivity index (χ1) is 25.3. The van der Waals surface area contributed by atoms with Gasteiger partial charge >= 0.3 is 12.4 Å². The Morgan fingerprint density at radius 2 is 0.811 bits per heavy atom. The molecule has 0 bridgehead atoms. The fourth-order valence-corrected chi connectivity index (χ4v) is 6.74. The first-order valence-electron chi connectivity index (χ1n) is 17.5. The van der Waals surface area contributed by atoms with Gasteiger partial charge in [0, 0.05) is 63.7 Å². The van der Waals surface area contributed by atoms with Crippen molar-refractivity contribution in [2.24, 2.45) is 0 Å². The van der Waals surface area contributed by atoms with Gasteiger partial charge < -0.3 is 24.3 Å². The largest absolute Gasteiger partial charge is 0.416 e. The zero-order chi connectivity index (χ0) is 37.6. The second-order valence-electron chi connectivity index (χ2n) is 13.2. The Balaban J connectivity index is 1.23. The molecule has 2 fully saturated rings. The van der Waals surface area contributed by atoms with Crippen LogP contribution in [0.25, 0.3) is 0 Å². The molecule has 2 unspecified atom stereocenters. The van der Waals surface area contributed by atoms with Gasteiger partial charge in [-0.2, -0.15) is 26.3 Å². The third kappa shape index (κ3) is 9.69. The van der Waals surface area contributed by atoms with Crippen molar-refractivity contribution in [3.63, 3.8) is 0 Å². The number of benzene rings is 4. The van der Waals surface area contributed by atoms with Crippen LogP contribution in [0.1, 0.15) is 47.3 Å². The SMILES string of the molecule is O=C(CC(OC(CC(=O)N1CCN(c2ccccc2)CC1)c1ccc(C(F)(F)F)cc1)c1ccc(C(F)(F)F)cc1)N1CCN(c2ccccc2)CC1. The smallest absolute Gasteiger partial charge is 0.368 e. The summed E-state index contributed by atoms with van der Waals surface area (Å²) >= 11 is 0. The lowest BCUT2D eigenvalue weighted by atomic mass is 10.00. The van der Waals surface area contributed by atoms with E-state index in [-0.39, 0.29) is 35.8 Å². The van der Waals surface area contributed by atoms with E-state index in [0.29, 0.717) is 52.4 Å². The van der Waals surface area contributed by atoms with Crippen molar-refractivity contribution in [1.29, 1.82) is 0 Å². The average Bonchev–Trinajstić information content (AvgIpc) is 3.17. The van der Waals surface area contributed by atoms with Crippen molar-refractivity contribution in [1.82, 2.24) is 9.80 Å². The molecule has 53 heavy (non-hydrogen) atoms. The highest BCUT2D eigenvalue weighted by atomic mass is 19.4. The Kier molecular flexibility index (Phi) is 11.6. The minimum atomic E-state index is -4.59. The number of alkyl halides is 6. The van der Waals surface area contributed by atoms with Crippen LogP contribution in [0.15, 0.2) is 109 Å². The van der Waals surface area contributed by atoms with Gasteiger partial charge in [0.05, 0.1) is 36.2 Å². The molecule has 280 valence electrons. The molecule has 0 N–H and O–H groups in total. The van der Waals surface area contributed by atoms with E-state index in [0.717, 1.165) is 35.6 Å². The molecule has 0 aromatic heterocycles. The third-order valence-corrected chi connectivity index (χ3v) is 9.78. The van der Waals surface area contributed by atoms with Gasteiger partial charge in [-0.05, 0) is 59.7 Å². The Hall–Kier alpha value is -5.04. The number of piperazine rings is 2. The summed E-state index contributed by atoms with van der Waals surface area (Å²) < 4.78 is 87.5. The molecule has 2 atom stereocenters. The molecule has 4 aromatic carbocycles. The van der Waals surface area contributed by atoms with E-state index in [9.17, 15) is 35.9 Å². The maximum atomic E-state index is 13.8. The predicted octanol–water partition coefficient (Wildman–Crippen LogP) is 8.00. The standard InChI is InChI=1S/C40H40F6N4O3/c41-39(42,43)31-15-11-29(12-16-31)35(27-37(51)49-23-19-47(20-24-49)33-7-3-1-4-8-33)53-36(30-13-17-32(18-14-30)40(44,45)46)28-38(52)50-25-21-48(22-26-50)34-9-5-2-6-10-34/h1-18,35-36H,19-28H2. The lowest BCUT2D eigenvalue weighted by Gasteiger charge is -2.37. The lowest BCUT2D eigenvalue weighted by molar-refractivity contribution is -0.141. The maximum absolute atomic E-state index is 13.8. The molecule has 2 aliphatic heterocycles. The van der Waals surface area contributed by atoms with E-state index in [1.807, 2.05) is 60.7 Å². The molecule has 13 heteroatoms. The number of carbonyl (C=O) groups excluding carboxylic acids is 2. The van der Waals surface area contributed by atoms with E-state index in [2.05, 4.69) is 9.80 Å². The van der Waals surface area contributed by atoms with Crippen LogP contribution in [0.2, 0.25) is 0 Å². The number of anilines is 2. The summed E-state index contributed by atoms with van der Waals surface area (Å²) in [5.74, 6) is -0.589. The first-order valence-corrected chi connectivity index (χ1v) is 17.5. The highest BCUT2D eigenvalue weighted by Gasteiger charge is 2.34. The van der Waals surface area contributed by atoms with Crippen LogP contribution in [-0.4, -0.2) is 74.0 Å². The second kappa shape index (κ2) is 16.3. The summed E-state index contributed by atoms with van der Waals surface area (Å²) in [7, 11) is 0. The van der Waals surface area contributed by atoms with E-state index in [4.69, 9.17) is 4.74 Å². The van der Waals surface area contributed by atoms with Crippen molar-refractivity contribution in [3.05, 3.63) is 131 Å². The number of para-hydroxylation sites is 2. The predicted molar refractivity (Wildman–Crippen MR) is 189 cm³/mol. The van der Waals surface area contributed by atoms with E-state index < -0.39 is 35.7 Å². The van der Waals surface area contributed by atoms with Crippen LogP contribution >= 0.6 is 0 Å². The minimum absolute atomic E-state index is 0.252. The monoisotopic (exact) mass is 738 g/mol. The van der Waals surface area contributed by atoms with Gasteiger partial charge in [-0.3, -0.25) is 9.59 Å². The summed E-state index contributed by atoms with van der Waals surface area (Å²) in [6.07, 6.45) is -11.9. The van der Waals surface area contributed by atoms with Crippen LogP contribution in [0.5, 0.6) is 0 Å². The number of hydrogen-bond donors (Lipinski definition) is 0. The Bertz CT molecular complexity index is 1660. The lowest BCUT2D eigenvalue weighted by Crippen LogP contribution is -2.49. The summed E-state index contributed by atoms with van der Waals surface area (Å²) in [5.41, 5.74) is 0.831. The molecule has 0 aliphatic carbocycles. The molecule has 0 saturated carbocycles. The zero-order valence-corrected chi connectivity index (χ0v) is 28.9. The molecule has 0 radical (unpaired) electrons. The summed E-state index contributed by atoms with van der Waals surface area (Å²) in [6.45, 7) is 3.91. The van der Waals surface area contributed by atoms with Crippen LogP contribution < -0.4 is 9.80 Å². The summed E-state index contributed by atoms with van der Waals surface area (Å²) in [6, 6.07) is 28.1.